The second-order valence-corrected chi connectivity index (χ2v) is 6.60. The first-order valence-electron chi connectivity index (χ1n) is 7.01. The van der Waals surface area contributed by atoms with Crippen LogP contribution in [0, 0.1) is 5.82 Å². The van der Waals surface area contributed by atoms with Crippen LogP contribution in [0.1, 0.15) is 33.1 Å². The van der Waals surface area contributed by atoms with E-state index in [9.17, 15) is 9.18 Å². The number of hydrogen-bond acceptors (Lipinski definition) is 2. The Labute approximate surface area is 126 Å². The Morgan fingerprint density at radius 1 is 1.19 bits per heavy atom. The molecule has 1 aliphatic carbocycles. The third kappa shape index (κ3) is 2.18. The number of benzene rings is 2. The van der Waals surface area contributed by atoms with Crippen molar-refractivity contribution in [1.29, 1.82) is 0 Å². The van der Waals surface area contributed by atoms with Crippen LogP contribution in [0.15, 0.2) is 48.5 Å². The lowest BCUT2D eigenvalue weighted by molar-refractivity contribution is 0.0974. The fourth-order valence-corrected chi connectivity index (χ4v) is 4.05. The van der Waals surface area contributed by atoms with E-state index in [0.717, 1.165) is 21.4 Å². The number of rotatable bonds is 3. The number of hydrogen-bond donors (Lipinski definition) is 0. The zero-order chi connectivity index (χ0) is 14.4. The third-order valence-corrected chi connectivity index (χ3v) is 5.29. The van der Waals surface area contributed by atoms with Crippen molar-refractivity contribution in [2.45, 2.75) is 18.8 Å². The summed E-state index contributed by atoms with van der Waals surface area (Å²) >= 11 is 1.39. The van der Waals surface area contributed by atoms with Crippen LogP contribution in [0.3, 0.4) is 0 Å². The molecule has 3 aromatic rings. The molecule has 4 rings (SSSR count). The van der Waals surface area contributed by atoms with Crippen molar-refractivity contribution in [1.82, 2.24) is 0 Å². The maximum absolute atomic E-state index is 13.2. The predicted octanol–water partition coefficient (Wildman–Crippen LogP) is 4.95. The lowest BCUT2D eigenvalue weighted by atomic mass is 9.75. The number of Topliss-reactive ketones (excluding diaryl/α,β-unsaturated/α-hetero) is 1. The number of carbonyl (C=O) groups is 1. The Morgan fingerprint density at radius 2 is 2.05 bits per heavy atom. The van der Waals surface area contributed by atoms with Gasteiger partial charge in [0.2, 0.25) is 0 Å². The smallest absolute Gasteiger partial charge is 0.173 e. The van der Waals surface area contributed by atoms with E-state index in [-0.39, 0.29) is 11.6 Å². The molecule has 0 amide bonds. The van der Waals surface area contributed by atoms with Gasteiger partial charge in [0.25, 0.3) is 0 Å². The summed E-state index contributed by atoms with van der Waals surface area (Å²) in [6.07, 6.45) is 1.54. The molecule has 1 atom stereocenters. The highest BCUT2D eigenvalue weighted by atomic mass is 32.1. The van der Waals surface area contributed by atoms with Gasteiger partial charge in [0, 0.05) is 11.1 Å². The standard InChI is InChI=1S/C18H13FOS/c19-14-6-5-12-9-18(21-17(12)10-14)16(20)8-13-7-11-3-1-2-4-15(11)13/h1-6,9-10,13H,7-8H2. The van der Waals surface area contributed by atoms with Crippen LogP contribution in [0.5, 0.6) is 0 Å². The molecule has 0 saturated carbocycles. The van der Waals surface area contributed by atoms with Gasteiger partial charge in [-0.25, -0.2) is 4.39 Å². The van der Waals surface area contributed by atoms with Crippen molar-refractivity contribution in [2.75, 3.05) is 0 Å². The average Bonchev–Trinajstić information content (AvgIpc) is 2.87. The molecule has 0 fully saturated rings. The van der Waals surface area contributed by atoms with E-state index in [1.165, 1.54) is 34.6 Å². The Balaban J connectivity index is 1.57. The largest absolute Gasteiger partial charge is 0.293 e. The Kier molecular flexibility index (Phi) is 2.89. The summed E-state index contributed by atoms with van der Waals surface area (Å²) in [5.74, 6) is 0.253. The highest BCUT2D eigenvalue weighted by molar-refractivity contribution is 7.20. The molecule has 2 aromatic carbocycles. The van der Waals surface area contributed by atoms with Crippen molar-refractivity contribution in [3.63, 3.8) is 0 Å². The van der Waals surface area contributed by atoms with Crippen LogP contribution in [0.2, 0.25) is 0 Å². The average molecular weight is 296 g/mol. The van der Waals surface area contributed by atoms with Gasteiger partial charge in [-0.15, -0.1) is 11.3 Å². The summed E-state index contributed by atoms with van der Waals surface area (Å²) in [5, 5.41) is 0.943. The summed E-state index contributed by atoms with van der Waals surface area (Å²) in [6.45, 7) is 0. The molecule has 0 aliphatic heterocycles. The second kappa shape index (κ2) is 4.78. The van der Waals surface area contributed by atoms with Crippen molar-refractivity contribution < 1.29 is 9.18 Å². The molecule has 0 N–H and O–H groups in total. The lowest BCUT2D eigenvalue weighted by Gasteiger charge is -2.29. The number of ketones is 1. The predicted molar refractivity (Wildman–Crippen MR) is 83.6 cm³/mol. The van der Waals surface area contributed by atoms with Crippen LogP contribution in [-0.4, -0.2) is 5.78 Å². The highest BCUT2D eigenvalue weighted by Gasteiger charge is 2.28. The quantitative estimate of drug-likeness (QED) is 0.625. The molecule has 0 spiro atoms. The van der Waals surface area contributed by atoms with Gasteiger partial charge in [0.05, 0.1) is 4.88 Å². The second-order valence-electron chi connectivity index (χ2n) is 5.52. The molecule has 1 aromatic heterocycles. The van der Waals surface area contributed by atoms with E-state index < -0.39 is 0 Å². The van der Waals surface area contributed by atoms with Crippen LogP contribution in [-0.2, 0) is 6.42 Å². The molecule has 0 bridgehead atoms. The first-order chi connectivity index (χ1) is 10.2. The van der Waals surface area contributed by atoms with Gasteiger partial charge in [-0.1, -0.05) is 30.3 Å². The maximum atomic E-state index is 13.2. The zero-order valence-electron chi connectivity index (χ0n) is 11.3. The van der Waals surface area contributed by atoms with Gasteiger partial charge in [0.1, 0.15) is 5.82 Å². The number of carbonyl (C=O) groups excluding carboxylic acids is 1. The Bertz CT molecular complexity index is 849. The summed E-state index contributed by atoms with van der Waals surface area (Å²) in [7, 11) is 0. The molecule has 0 saturated heterocycles. The van der Waals surface area contributed by atoms with Gasteiger partial charge in [-0.2, -0.15) is 0 Å². The van der Waals surface area contributed by atoms with Gasteiger partial charge >= 0.3 is 0 Å². The molecular formula is C18H13FOS. The van der Waals surface area contributed by atoms with E-state index in [0.29, 0.717) is 12.3 Å². The zero-order valence-corrected chi connectivity index (χ0v) is 12.1. The molecule has 3 heteroatoms. The minimum Gasteiger partial charge on any atom is -0.293 e. The van der Waals surface area contributed by atoms with Gasteiger partial charge in [-0.05, 0) is 47.1 Å². The summed E-state index contributed by atoms with van der Waals surface area (Å²) in [5.41, 5.74) is 2.66. The summed E-state index contributed by atoms with van der Waals surface area (Å²) < 4.78 is 14.0. The normalized spacial score (nSPS) is 16.5. The molecule has 1 unspecified atom stereocenters. The van der Waals surface area contributed by atoms with Crippen LogP contribution in [0.4, 0.5) is 4.39 Å². The van der Waals surface area contributed by atoms with E-state index >= 15 is 0 Å². The van der Waals surface area contributed by atoms with Crippen LogP contribution >= 0.6 is 11.3 Å². The monoisotopic (exact) mass is 296 g/mol. The van der Waals surface area contributed by atoms with Gasteiger partial charge < -0.3 is 0 Å². The molecule has 1 aliphatic rings. The first-order valence-corrected chi connectivity index (χ1v) is 7.82. The van der Waals surface area contributed by atoms with E-state index in [4.69, 9.17) is 0 Å². The van der Waals surface area contributed by atoms with E-state index in [1.54, 1.807) is 6.07 Å². The minimum atomic E-state index is -0.253. The van der Waals surface area contributed by atoms with Crippen LogP contribution < -0.4 is 0 Å². The first kappa shape index (κ1) is 12.7. The van der Waals surface area contributed by atoms with Crippen molar-refractivity contribution in [2.24, 2.45) is 0 Å². The summed E-state index contributed by atoms with van der Waals surface area (Å²) in [4.78, 5) is 13.2. The molecule has 1 nitrogen and oxygen atoms in total. The highest BCUT2D eigenvalue weighted by Crippen LogP contribution is 2.38. The lowest BCUT2D eigenvalue weighted by Crippen LogP contribution is -2.19. The number of halogens is 1. The fraction of sp³-hybridized carbons (Fsp3) is 0.167. The van der Waals surface area contributed by atoms with E-state index in [2.05, 4.69) is 12.1 Å². The SMILES string of the molecule is O=C(CC1Cc2ccccc21)c1cc2ccc(F)cc2s1. The topological polar surface area (TPSA) is 17.1 Å². The Hall–Kier alpha value is -2.00. The minimum absolute atomic E-state index is 0.163. The fourth-order valence-electron chi connectivity index (χ4n) is 3.01. The van der Waals surface area contributed by atoms with Gasteiger partial charge in [0.15, 0.2) is 5.78 Å². The summed E-state index contributed by atoms with van der Waals surface area (Å²) in [6, 6.07) is 14.8. The molecule has 1 heterocycles. The Morgan fingerprint density at radius 3 is 2.90 bits per heavy atom. The molecule has 21 heavy (non-hydrogen) atoms. The van der Waals surface area contributed by atoms with Crippen LogP contribution in [0.25, 0.3) is 10.1 Å². The number of thiophene rings is 1. The molecule has 104 valence electrons. The van der Waals surface area contributed by atoms with Crippen molar-refractivity contribution in [3.05, 3.63) is 70.4 Å². The van der Waals surface area contributed by atoms with Gasteiger partial charge in [-0.3, -0.25) is 4.79 Å². The number of fused-ring (bicyclic) bond motifs is 2. The third-order valence-electron chi connectivity index (χ3n) is 4.15. The van der Waals surface area contributed by atoms with Crippen molar-refractivity contribution >= 4 is 27.2 Å². The van der Waals surface area contributed by atoms with E-state index in [1.807, 2.05) is 18.2 Å². The maximum Gasteiger partial charge on any atom is 0.173 e. The van der Waals surface area contributed by atoms with Crippen molar-refractivity contribution in [3.8, 4) is 0 Å². The molecule has 0 radical (unpaired) electrons. The molecular weight excluding hydrogens is 283 g/mol.